The molecule has 0 spiro atoms. The van der Waals surface area contributed by atoms with Crippen molar-refractivity contribution in [1.29, 1.82) is 0 Å². The Morgan fingerprint density at radius 3 is 2.71 bits per heavy atom. The summed E-state index contributed by atoms with van der Waals surface area (Å²) in [5, 5.41) is 8.14. The lowest BCUT2D eigenvalue weighted by Crippen LogP contribution is -2.15. The van der Waals surface area contributed by atoms with E-state index in [0.29, 0.717) is 23.1 Å². The molecule has 7 heteroatoms. The van der Waals surface area contributed by atoms with Crippen molar-refractivity contribution in [3.8, 4) is 10.9 Å². The van der Waals surface area contributed by atoms with Gasteiger partial charge in [0.15, 0.2) is 0 Å². The molecule has 0 saturated heterocycles. The maximum Gasteiger partial charge on any atom is 0.256 e. The van der Waals surface area contributed by atoms with E-state index in [1.807, 2.05) is 69.3 Å². The van der Waals surface area contributed by atoms with Crippen LogP contribution in [0.3, 0.4) is 0 Å². The smallest absolute Gasteiger partial charge is 0.256 e. The number of amides is 1. The highest BCUT2D eigenvalue weighted by atomic mass is 32.1. The fraction of sp³-hybridized carbons (Fsp3) is 0.190. The van der Waals surface area contributed by atoms with Gasteiger partial charge in [0.05, 0.1) is 17.0 Å². The molecule has 142 valence electrons. The average molecular weight is 392 g/mol. The van der Waals surface area contributed by atoms with E-state index < -0.39 is 0 Å². The van der Waals surface area contributed by atoms with Crippen molar-refractivity contribution in [2.75, 3.05) is 11.9 Å². The summed E-state index contributed by atoms with van der Waals surface area (Å²) < 4.78 is 8.35. The highest BCUT2D eigenvalue weighted by Gasteiger charge is 2.16. The Labute approximate surface area is 166 Å². The molecule has 4 rings (SSSR count). The number of fused-ring (bicyclic) bond motifs is 1. The van der Waals surface area contributed by atoms with Crippen LogP contribution in [0.4, 0.5) is 5.82 Å². The first-order chi connectivity index (χ1) is 13.5. The molecule has 1 N–H and O–H groups in total. The van der Waals surface area contributed by atoms with Gasteiger partial charge in [-0.2, -0.15) is 9.78 Å². The van der Waals surface area contributed by atoms with Crippen LogP contribution < -0.4 is 10.1 Å². The fourth-order valence-electron chi connectivity index (χ4n) is 2.90. The van der Waals surface area contributed by atoms with Gasteiger partial charge in [-0.3, -0.25) is 4.79 Å². The lowest BCUT2D eigenvalue weighted by Gasteiger charge is -2.07. The largest absolute Gasteiger partial charge is 0.492 e. The van der Waals surface area contributed by atoms with E-state index in [1.165, 1.54) is 11.3 Å². The minimum atomic E-state index is -0.183. The van der Waals surface area contributed by atoms with E-state index in [1.54, 1.807) is 4.68 Å². The second kappa shape index (κ2) is 7.44. The van der Waals surface area contributed by atoms with Crippen LogP contribution in [0.15, 0.2) is 48.5 Å². The summed E-state index contributed by atoms with van der Waals surface area (Å²) >= 11 is 1.50. The van der Waals surface area contributed by atoms with Crippen LogP contribution in [-0.2, 0) is 0 Å². The second-order valence-electron chi connectivity index (χ2n) is 6.44. The maximum atomic E-state index is 12.6. The Morgan fingerprint density at radius 2 is 1.96 bits per heavy atom. The molecule has 0 aliphatic rings. The van der Waals surface area contributed by atoms with Crippen LogP contribution in [0.1, 0.15) is 28.5 Å². The van der Waals surface area contributed by atoms with Crippen LogP contribution in [0.2, 0.25) is 0 Å². The Balaban J connectivity index is 1.70. The molecule has 2 aromatic carbocycles. The third-order valence-corrected chi connectivity index (χ3v) is 5.23. The van der Waals surface area contributed by atoms with E-state index >= 15 is 0 Å². The first-order valence-corrected chi connectivity index (χ1v) is 9.84. The molecule has 0 atom stereocenters. The molecular weight excluding hydrogens is 372 g/mol. The van der Waals surface area contributed by atoms with Gasteiger partial charge in [0, 0.05) is 11.6 Å². The summed E-state index contributed by atoms with van der Waals surface area (Å²) in [6, 6.07) is 15.1. The van der Waals surface area contributed by atoms with Crippen molar-refractivity contribution in [2.45, 2.75) is 20.8 Å². The molecule has 0 saturated carbocycles. The molecule has 0 fully saturated rings. The zero-order chi connectivity index (χ0) is 19.7. The van der Waals surface area contributed by atoms with Gasteiger partial charge in [0.25, 0.3) is 5.91 Å². The zero-order valence-electron chi connectivity index (χ0n) is 15.9. The summed E-state index contributed by atoms with van der Waals surface area (Å²) in [6.07, 6.45) is 0. The Morgan fingerprint density at radius 1 is 1.18 bits per heavy atom. The second-order valence-corrected chi connectivity index (χ2v) is 7.44. The number of carbonyl (C=O) groups excluding carboxylic acids is 1. The third-order valence-electron chi connectivity index (χ3n) is 4.24. The molecule has 4 aromatic rings. The fourth-order valence-corrected chi connectivity index (χ4v) is 3.85. The molecule has 0 aliphatic carbocycles. The van der Waals surface area contributed by atoms with Crippen LogP contribution in [0, 0.1) is 13.8 Å². The Kier molecular flexibility index (Phi) is 4.83. The summed E-state index contributed by atoms with van der Waals surface area (Å²) in [5.41, 5.74) is 3.30. The monoisotopic (exact) mass is 392 g/mol. The van der Waals surface area contributed by atoms with Crippen LogP contribution in [0.5, 0.6) is 5.75 Å². The van der Waals surface area contributed by atoms with Crippen molar-refractivity contribution >= 4 is 33.3 Å². The first kappa shape index (κ1) is 18.2. The van der Waals surface area contributed by atoms with Crippen LogP contribution in [-0.4, -0.2) is 27.3 Å². The number of rotatable bonds is 5. The van der Waals surface area contributed by atoms with Gasteiger partial charge in [-0.1, -0.05) is 35.1 Å². The van der Waals surface area contributed by atoms with Gasteiger partial charge < -0.3 is 10.1 Å². The number of aryl methyl sites for hydroxylation is 2. The minimum absolute atomic E-state index is 0.183. The number of benzene rings is 2. The molecule has 2 heterocycles. The van der Waals surface area contributed by atoms with Gasteiger partial charge >= 0.3 is 0 Å². The SMILES string of the molecule is CCOc1cccc2sc(-n3nc(C)cc3NC(=O)c3ccc(C)cc3)nc12. The van der Waals surface area contributed by atoms with Crippen molar-refractivity contribution in [3.63, 3.8) is 0 Å². The Bertz CT molecular complexity index is 1150. The predicted molar refractivity (Wildman–Crippen MR) is 112 cm³/mol. The van der Waals surface area contributed by atoms with Crippen molar-refractivity contribution in [3.05, 3.63) is 65.4 Å². The molecule has 1 amide bonds. The summed E-state index contributed by atoms with van der Waals surface area (Å²) in [5.74, 6) is 1.15. The summed E-state index contributed by atoms with van der Waals surface area (Å²) in [4.78, 5) is 17.4. The average Bonchev–Trinajstić information content (AvgIpc) is 3.26. The molecular formula is C21H20N4O2S. The molecule has 2 aromatic heterocycles. The van der Waals surface area contributed by atoms with Crippen LogP contribution in [0.25, 0.3) is 15.3 Å². The van der Waals surface area contributed by atoms with E-state index in [4.69, 9.17) is 9.72 Å². The quantitative estimate of drug-likeness (QED) is 0.532. The number of nitrogens with one attached hydrogen (secondary N) is 1. The van der Waals surface area contributed by atoms with E-state index in [-0.39, 0.29) is 5.91 Å². The van der Waals surface area contributed by atoms with E-state index in [2.05, 4.69) is 10.4 Å². The number of carbonyl (C=O) groups is 1. The zero-order valence-corrected chi connectivity index (χ0v) is 16.7. The minimum Gasteiger partial charge on any atom is -0.492 e. The number of anilines is 1. The highest BCUT2D eigenvalue weighted by molar-refractivity contribution is 7.20. The van der Waals surface area contributed by atoms with Crippen LogP contribution >= 0.6 is 11.3 Å². The van der Waals surface area contributed by atoms with Gasteiger partial charge in [-0.05, 0) is 45.0 Å². The molecule has 0 radical (unpaired) electrons. The Hall–Kier alpha value is -3.19. The number of hydrogen-bond acceptors (Lipinski definition) is 5. The standard InChI is InChI=1S/C21H20N4O2S/c1-4-27-16-6-5-7-17-19(16)23-21(28-17)25-18(12-14(3)24-25)22-20(26)15-10-8-13(2)9-11-15/h5-12H,4H2,1-3H3,(H,22,26). The van der Waals surface area contributed by atoms with Crippen molar-refractivity contribution in [2.24, 2.45) is 0 Å². The van der Waals surface area contributed by atoms with Crippen molar-refractivity contribution < 1.29 is 9.53 Å². The molecule has 0 aliphatic heterocycles. The third kappa shape index (κ3) is 3.48. The highest BCUT2D eigenvalue weighted by Crippen LogP contribution is 2.32. The number of thiazole rings is 1. The van der Waals surface area contributed by atoms with E-state index in [9.17, 15) is 4.79 Å². The molecule has 28 heavy (non-hydrogen) atoms. The van der Waals surface area contributed by atoms with Crippen molar-refractivity contribution in [1.82, 2.24) is 14.8 Å². The number of hydrogen-bond donors (Lipinski definition) is 1. The van der Waals surface area contributed by atoms with Gasteiger partial charge in [0.2, 0.25) is 5.13 Å². The summed E-state index contributed by atoms with van der Waals surface area (Å²) in [6.45, 7) is 6.40. The topological polar surface area (TPSA) is 69.0 Å². The number of ether oxygens (including phenoxy) is 1. The lowest BCUT2D eigenvalue weighted by molar-refractivity contribution is 0.102. The normalized spacial score (nSPS) is 11.0. The molecule has 0 bridgehead atoms. The summed E-state index contributed by atoms with van der Waals surface area (Å²) in [7, 11) is 0. The number of aromatic nitrogens is 3. The first-order valence-electron chi connectivity index (χ1n) is 9.02. The van der Waals surface area contributed by atoms with Gasteiger partial charge in [0.1, 0.15) is 17.1 Å². The van der Waals surface area contributed by atoms with E-state index in [0.717, 1.165) is 27.2 Å². The van der Waals surface area contributed by atoms with Gasteiger partial charge in [-0.25, -0.2) is 4.98 Å². The van der Waals surface area contributed by atoms with Gasteiger partial charge in [-0.15, -0.1) is 0 Å². The maximum absolute atomic E-state index is 12.6. The number of para-hydroxylation sites is 1. The molecule has 0 unspecified atom stereocenters. The lowest BCUT2D eigenvalue weighted by atomic mass is 10.1. The number of nitrogens with zero attached hydrogens (tertiary/aromatic N) is 3. The molecule has 6 nitrogen and oxygen atoms in total. The predicted octanol–water partition coefficient (Wildman–Crippen LogP) is 4.75.